The zero-order chi connectivity index (χ0) is 12.9. The van der Waals surface area contributed by atoms with E-state index >= 15 is 0 Å². The number of aromatic nitrogens is 1. The predicted octanol–water partition coefficient (Wildman–Crippen LogP) is 2.16. The van der Waals surface area contributed by atoms with Gasteiger partial charge in [0.1, 0.15) is 11.6 Å². The van der Waals surface area contributed by atoms with Gasteiger partial charge in [-0.25, -0.2) is 4.98 Å². The number of nitrogens with one attached hydrogen (secondary N) is 1. The van der Waals surface area contributed by atoms with Crippen LogP contribution in [0.3, 0.4) is 0 Å². The first-order valence-electron chi connectivity index (χ1n) is 5.00. The lowest BCUT2D eigenvalue weighted by atomic mass is 10.2. The van der Waals surface area contributed by atoms with Gasteiger partial charge in [-0.3, -0.25) is 0 Å². The van der Waals surface area contributed by atoms with E-state index in [1.165, 1.54) is 12.1 Å². The largest absolute Gasteiger partial charge is 0.573 e. The van der Waals surface area contributed by atoms with E-state index in [1.54, 1.807) is 0 Å². The maximum atomic E-state index is 11.9. The quantitative estimate of drug-likeness (QED) is 0.840. The molecule has 1 unspecified atom stereocenters. The molecule has 17 heavy (non-hydrogen) atoms. The van der Waals surface area contributed by atoms with E-state index in [0.29, 0.717) is 12.2 Å². The number of ether oxygens (including phenoxy) is 1. The molecular weight excluding hydrogens is 237 g/mol. The Morgan fingerprint density at radius 2 is 2.18 bits per heavy atom. The molecule has 1 aromatic heterocycles. The van der Waals surface area contributed by atoms with Crippen molar-refractivity contribution in [2.75, 3.05) is 11.9 Å². The number of alkyl halides is 3. The Morgan fingerprint density at radius 3 is 2.65 bits per heavy atom. The van der Waals surface area contributed by atoms with Gasteiger partial charge in [-0.05, 0) is 25.5 Å². The summed E-state index contributed by atoms with van der Waals surface area (Å²) in [7, 11) is 0. The van der Waals surface area contributed by atoms with E-state index in [-0.39, 0.29) is 18.4 Å². The molecule has 0 amide bonds. The Labute approximate surface area is 96.4 Å². The molecule has 0 aliphatic carbocycles. The number of rotatable bonds is 5. The van der Waals surface area contributed by atoms with Crippen LogP contribution in [0.5, 0.6) is 5.75 Å². The van der Waals surface area contributed by atoms with Gasteiger partial charge in [-0.15, -0.1) is 13.2 Å². The third-order valence-electron chi connectivity index (χ3n) is 1.93. The molecular formula is C10H13F3N2O2. The minimum absolute atomic E-state index is 0.0121. The lowest BCUT2D eigenvalue weighted by Gasteiger charge is -2.13. The molecule has 1 rings (SSSR count). The highest BCUT2D eigenvalue weighted by Gasteiger charge is 2.31. The monoisotopic (exact) mass is 250 g/mol. The summed E-state index contributed by atoms with van der Waals surface area (Å²) in [5.41, 5.74) is 0. The van der Waals surface area contributed by atoms with Crippen molar-refractivity contribution in [3.05, 3.63) is 18.3 Å². The average Bonchev–Trinajstić information content (AvgIpc) is 2.19. The molecule has 0 bridgehead atoms. The molecule has 0 spiro atoms. The topological polar surface area (TPSA) is 54.4 Å². The molecule has 0 aliphatic rings. The van der Waals surface area contributed by atoms with E-state index in [0.717, 1.165) is 6.20 Å². The number of pyridine rings is 1. The number of nitrogens with zero attached hydrogens (tertiary/aromatic N) is 1. The summed E-state index contributed by atoms with van der Waals surface area (Å²) in [4.78, 5) is 3.77. The van der Waals surface area contributed by atoms with Gasteiger partial charge < -0.3 is 15.2 Å². The molecule has 7 heteroatoms. The fourth-order valence-electron chi connectivity index (χ4n) is 1.18. The fraction of sp³-hybridized carbons (Fsp3) is 0.500. The third-order valence-corrected chi connectivity index (χ3v) is 1.93. The zero-order valence-electron chi connectivity index (χ0n) is 9.16. The SMILES string of the molecule is CC(CCO)Nc1ccc(OC(F)(F)F)cn1. The van der Waals surface area contributed by atoms with Gasteiger partial charge in [0.05, 0.1) is 6.20 Å². The zero-order valence-corrected chi connectivity index (χ0v) is 9.16. The molecule has 1 aromatic rings. The molecule has 0 saturated carbocycles. The van der Waals surface area contributed by atoms with Crippen LogP contribution in [0.2, 0.25) is 0 Å². The summed E-state index contributed by atoms with van der Waals surface area (Å²) in [6.07, 6.45) is -3.19. The molecule has 2 N–H and O–H groups in total. The van der Waals surface area contributed by atoms with Gasteiger partial charge in [-0.1, -0.05) is 0 Å². The Morgan fingerprint density at radius 1 is 1.47 bits per heavy atom. The summed E-state index contributed by atoms with van der Waals surface area (Å²) in [5, 5.41) is 11.6. The average molecular weight is 250 g/mol. The van der Waals surface area contributed by atoms with Crippen LogP contribution in [0.15, 0.2) is 18.3 Å². The van der Waals surface area contributed by atoms with Crippen LogP contribution in [0, 0.1) is 0 Å². The lowest BCUT2D eigenvalue weighted by molar-refractivity contribution is -0.274. The summed E-state index contributed by atoms with van der Waals surface area (Å²) in [5.74, 6) is 0.0679. The van der Waals surface area contributed by atoms with Crippen molar-refractivity contribution in [1.82, 2.24) is 4.98 Å². The maximum Gasteiger partial charge on any atom is 0.573 e. The van der Waals surface area contributed by atoms with Gasteiger partial charge >= 0.3 is 6.36 Å². The number of anilines is 1. The van der Waals surface area contributed by atoms with Crippen molar-refractivity contribution in [3.8, 4) is 5.75 Å². The van der Waals surface area contributed by atoms with Crippen LogP contribution in [-0.2, 0) is 0 Å². The number of aliphatic hydroxyl groups is 1. The summed E-state index contributed by atoms with van der Waals surface area (Å²) < 4.78 is 39.3. The first-order valence-corrected chi connectivity index (χ1v) is 5.00. The van der Waals surface area contributed by atoms with E-state index in [9.17, 15) is 13.2 Å². The number of aliphatic hydroxyl groups excluding tert-OH is 1. The molecule has 4 nitrogen and oxygen atoms in total. The van der Waals surface area contributed by atoms with E-state index < -0.39 is 6.36 Å². The van der Waals surface area contributed by atoms with Crippen LogP contribution in [0.4, 0.5) is 19.0 Å². The van der Waals surface area contributed by atoms with Crippen molar-refractivity contribution in [3.63, 3.8) is 0 Å². The van der Waals surface area contributed by atoms with Gasteiger partial charge in [0.2, 0.25) is 0 Å². The summed E-state index contributed by atoms with van der Waals surface area (Å²) in [6, 6.07) is 2.55. The van der Waals surface area contributed by atoms with Crippen molar-refractivity contribution >= 4 is 5.82 Å². The Balaban J connectivity index is 2.56. The third kappa shape index (κ3) is 5.39. The Bertz CT molecular complexity index is 340. The number of hydrogen-bond donors (Lipinski definition) is 2. The van der Waals surface area contributed by atoms with Crippen LogP contribution < -0.4 is 10.1 Å². The predicted molar refractivity (Wildman–Crippen MR) is 55.7 cm³/mol. The van der Waals surface area contributed by atoms with Crippen LogP contribution in [0.1, 0.15) is 13.3 Å². The molecule has 1 heterocycles. The van der Waals surface area contributed by atoms with Crippen LogP contribution >= 0.6 is 0 Å². The minimum Gasteiger partial charge on any atom is -0.404 e. The first kappa shape index (κ1) is 13.6. The van der Waals surface area contributed by atoms with Crippen molar-refractivity contribution in [2.45, 2.75) is 25.7 Å². The second-order valence-electron chi connectivity index (χ2n) is 3.48. The highest BCUT2D eigenvalue weighted by atomic mass is 19.4. The van der Waals surface area contributed by atoms with Gasteiger partial charge in [-0.2, -0.15) is 0 Å². The summed E-state index contributed by atoms with van der Waals surface area (Å²) in [6.45, 7) is 1.86. The fourth-order valence-corrected chi connectivity index (χ4v) is 1.18. The molecule has 0 aromatic carbocycles. The van der Waals surface area contributed by atoms with E-state index in [4.69, 9.17) is 5.11 Å². The van der Waals surface area contributed by atoms with Crippen LogP contribution in [0.25, 0.3) is 0 Å². The number of halogens is 3. The van der Waals surface area contributed by atoms with Gasteiger partial charge in [0, 0.05) is 12.6 Å². The van der Waals surface area contributed by atoms with Crippen molar-refractivity contribution < 1.29 is 23.0 Å². The summed E-state index contributed by atoms with van der Waals surface area (Å²) >= 11 is 0. The van der Waals surface area contributed by atoms with Gasteiger partial charge in [0.15, 0.2) is 0 Å². The minimum atomic E-state index is -4.71. The Kier molecular flexibility index (Phi) is 4.56. The maximum absolute atomic E-state index is 11.9. The standard InChI is InChI=1S/C10H13F3N2O2/c1-7(4-5-16)15-9-3-2-8(6-14-9)17-10(11,12)13/h2-3,6-7,16H,4-5H2,1H3,(H,14,15). The smallest absolute Gasteiger partial charge is 0.404 e. The molecule has 96 valence electrons. The second kappa shape index (κ2) is 5.72. The molecule has 0 aliphatic heterocycles. The molecule has 1 atom stereocenters. The normalized spacial score (nSPS) is 13.2. The highest BCUT2D eigenvalue weighted by Crippen LogP contribution is 2.22. The van der Waals surface area contributed by atoms with E-state index in [1.807, 2.05) is 6.92 Å². The Hall–Kier alpha value is -1.50. The molecule has 0 fully saturated rings. The number of hydrogen-bond acceptors (Lipinski definition) is 4. The van der Waals surface area contributed by atoms with E-state index in [2.05, 4.69) is 15.0 Å². The van der Waals surface area contributed by atoms with Crippen molar-refractivity contribution in [2.24, 2.45) is 0 Å². The molecule has 0 saturated heterocycles. The second-order valence-corrected chi connectivity index (χ2v) is 3.48. The van der Waals surface area contributed by atoms with Gasteiger partial charge in [0.25, 0.3) is 0 Å². The van der Waals surface area contributed by atoms with Crippen molar-refractivity contribution in [1.29, 1.82) is 0 Å². The highest BCUT2D eigenvalue weighted by molar-refractivity contribution is 5.38. The first-order chi connectivity index (χ1) is 7.90. The lowest BCUT2D eigenvalue weighted by Crippen LogP contribution is -2.18. The molecule has 0 radical (unpaired) electrons. The van der Waals surface area contributed by atoms with Crippen LogP contribution in [-0.4, -0.2) is 29.1 Å².